The van der Waals surface area contributed by atoms with Crippen LogP contribution in [-0.4, -0.2) is 37.8 Å². The van der Waals surface area contributed by atoms with Crippen LogP contribution in [0.5, 0.6) is 11.5 Å². The van der Waals surface area contributed by atoms with Gasteiger partial charge in [-0.15, -0.1) is 0 Å². The fourth-order valence-corrected chi connectivity index (χ4v) is 3.74. The summed E-state index contributed by atoms with van der Waals surface area (Å²) in [5, 5.41) is 22.0. The van der Waals surface area contributed by atoms with Crippen LogP contribution in [0.15, 0.2) is 47.4 Å². The van der Waals surface area contributed by atoms with Gasteiger partial charge in [-0.25, -0.2) is 0 Å². The summed E-state index contributed by atoms with van der Waals surface area (Å²) in [6.45, 7) is 1.72. The van der Waals surface area contributed by atoms with Gasteiger partial charge in [-0.1, -0.05) is 36.1 Å². The van der Waals surface area contributed by atoms with Crippen LogP contribution in [0.25, 0.3) is 6.08 Å². The van der Waals surface area contributed by atoms with E-state index >= 15 is 0 Å². The molecule has 0 saturated carbocycles. The van der Waals surface area contributed by atoms with Gasteiger partial charge in [0.1, 0.15) is 22.4 Å². The number of carbonyl (C=O) groups excluding carboxylic acids is 2. The molecule has 0 bridgehead atoms. The number of rotatable bonds is 4. The van der Waals surface area contributed by atoms with Gasteiger partial charge in [0.2, 0.25) is 5.91 Å². The molecule has 6 nitrogen and oxygen atoms in total. The van der Waals surface area contributed by atoms with Crippen LogP contribution < -0.4 is 5.32 Å². The highest BCUT2D eigenvalue weighted by atomic mass is 32.2. The highest BCUT2D eigenvalue weighted by molar-refractivity contribution is 8.26. The van der Waals surface area contributed by atoms with E-state index in [0.717, 1.165) is 17.3 Å². The predicted molar refractivity (Wildman–Crippen MR) is 109 cm³/mol. The molecule has 0 aliphatic carbocycles. The van der Waals surface area contributed by atoms with E-state index in [1.54, 1.807) is 6.07 Å². The van der Waals surface area contributed by atoms with E-state index in [2.05, 4.69) is 5.32 Å². The third-order valence-corrected chi connectivity index (χ3v) is 5.16. The molecule has 1 fully saturated rings. The number of anilines is 1. The van der Waals surface area contributed by atoms with E-state index in [1.807, 2.05) is 25.1 Å². The Bertz CT molecular complexity index is 972. The van der Waals surface area contributed by atoms with Crippen LogP contribution in [0, 0.1) is 6.92 Å². The Morgan fingerprint density at radius 2 is 2.04 bits per heavy atom. The minimum absolute atomic E-state index is 0.0787. The summed E-state index contributed by atoms with van der Waals surface area (Å²) in [4.78, 5) is 26.4. The maximum absolute atomic E-state index is 12.6. The number of nitrogens with zero attached hydrogens (tertiary/aromatic N) is 1. The van der Waals surface area contributed by atoms with Crippen molar-refractivity contribution >= 4 is 51.9 Å². The summed E-state index contributed by atoms with van der Waals surface area (Å²) in [6.07, 6.45) is 1.48. The van der Waals surface area contributed by atoms with Crippen molar-refractivity contribution in [3.05, 3.63) is 58.5 Å². The summed E-state index contributed by atoms with van der Waals surface area (Å²) in [5.74, 6) is -0.995. The molecule has 2 aromatic carbocycles. The molecule has 1 aliphatic heterocycles. The standard InChI is InChI=1S/C19H16N2O4S2/c1-11-3-2-4-13(7-11)20-17(24)10-21-18(25)16(27-19(21)26)8-12-5-6-14(22)9-15(12)23/h2-9,22-23H,10H2,1H3,(H,20,24)/b16-8-. The number of phenolic OH excluding ortho intramolecular Hbond substituents is 2. The fourth-order valence-electron chi connectivity index (χ4n) is 2.50. The van der Waals surface area contributed by atoms with Crippen molar-refractivity contribution in [3.63, 3.8) is 0 Å². The van der Waals surface area contributed by atoms with Crippen LogP contribution in [0.1, 0.15) is 11.1 Å². The highest BCUT2D eigenvalue weighted by Gasteiger charge is 2.33. The minimum Gasteiger partial charge on any atom is -0.508 e. The van der Waals surface area contributed by atoms with Gasteiger partial charge in [-0.3, -0.25) is 14.5 Å². The average molecular weight is 400 g/mol. The van der Waals surface area contributed by atoms with Gasteiger partial charge < -0.3 is 15.5 Å². The largest absolute Gasteiger partial charge is 0.508 e. The first-order chi connectivity index (χ1) is 12.8. The summed E-state index contributed by atoms with van der Waals surface area (Å²) in [7, 11) is 0. The number of thiocarbonyl (C=S) groups is 1. The topological polar surface area (TPSA) is 89.9 Å². The van der Waals surface area contributed by atoms with Gasteiger partial charge in [0, 0.05) is 17.3 Å². The summed E-state index contributed by atoms with van der Waals surface area (Å²) in [6, 6.07) is 11.4. The zero-order chi connectivity index (χ0) is 19.6. The quantitative estimate of drug-likeness (QED) is 0.539. The number of hydrogen-bond acceptors (Lipinski definition) is 6. The molecule has 3 rings (SSSR count). The highest BCUT2D eigenvalue weighted by Crippen LogP contribution is 2.34. The molecule has 1 aliphatic rings. The smallest absolute Gasteiger partial charge is 0.266 e. The molecule has 27 heavy (non-hydrogen) atoms. The van der Waals surface area contributed by atoms with Crippen molar-refractivity contribution < 1.29 is 19.8 Å². The molecule has 0 spiro atoms. The maximum Gasteiger partial charge on any atom is 0.266 e. The van der Waals surface area contributed by atoms with Gasteiger partial charge in [-0.05, 0) is 42.8 Å². The van der Waals surface area contributed by atoms with Gasteiger partial charge in [0.05, 0.1) is 4.91 Å². The van der Waals surface area contributed by atoms with Crippen molar-refractivity contribution in [1.29, 1.82) is 0 Å². The summed E-state index contributed by atoms with van der Waals surface area (Å²) < 4.78 is 0.268. The molecular formula is C19H16N2O4S2. The van der Waals surface area contributed by atoms with Gasteiger partial charge >= 0.3 is 0 Å². The lowest BCUT2D eigenvalue weighted by Crippen LogP contribution is -2.36. The summed E-state index contributed by atoms with van der Waals surface area (Å²) >= 11 is 6.27. The number of benzene rings is 2. The zero-order valence-corrected chi connectivity index (χ0v) is 15.9. The molecule has 0 aromatic heterocycles. The molecule has 2 aromatic rings. The summed E-state index contributed by atoms with van der Waals surface area (Å²) in [5.41, 5.74) is 2.03. The lowest BCUT2D eigenvalue weighted by atomic mass is 10.1. The first-order valence-corrected chi connectivity index (χ1v) is 9.20. The molecular weight excluding hydrogens is 384 g/mol. The predicted octanol–water partition coefficient (Wildman–Crippen LogP) is 3.25. The molecule has 2 amide bonds. The van der Waals surface area contributed by atoms with Crippen LogP contribution >= 0.6 is 24.0 Å². The van der Waals surface area contributed by atoms with Crippen molar-refractivity contribution in [1.82, 2.24) is 4.90 Å². The molecule has 138 valence electrons. The molecule has 8 heteroatoms. The Labute approximate surface area is 165 Å². The lowest BCUT2D eigenvalue weighted by molar-refractivity contribution is -0.126. The average Bonchev–Trinajstić information content (AvgIpc) is 2.85. The number of aryl methyl sites for hydroxylation is 1. The fraction of sp³-hybridized carbons (Fsp3) is 0.105. The third-order valence-electron chi connectivity index (χ3n) is 3.78. The van der Waals surface area contributed by atoms with E-state index < -0.39 is 5.91 Å². The van der Waals surface area contributed by atoms with E-state index in [4.69, 9.17) is 12.2 Å². The Kier molecular flexibility index (Phi) is 5.48. The lowest BCUT2D eigenvalue weighted by Gasteiger charge is -2.14. The first-order valence-electron chi connectivity index (χ1n) is 7.97. The normalized spacial score (nSPS) is 15.4. The molecule has 0 unspecified atom stereocenters. The Morgan fingerprint density at radius 1 is 1.26 bits per heavy atom. The number of hydrogen-bond donors (Lipinski definition) is 3. The van der Waals surface area contributed by atoms with E-state index in [9.17, 15) is 19.8 Å². The van der Waals surface area contributed by atoms with Crippen molar-refractivity contribution in [2.75, 3.05) is 11.9 Å². The van der Waals surface area contributed by atoms with Crippen LogP contribution in [-0.2, 0) is 9.59 Å². The second kappa shape index (κ2) is 7.81. The van der Waals surface area contributed by atoms with E-state index in [1.165, 1.54) is 29.2 Å². The van der Waals surface area contributed by atoms with E-state index in [-0.39, 0.29) is 28.3 Å². The van der Waals surface area contributed by atoms with Crippen LogP contribution in [0.3, 0.4) is 0 Å². The minimum atomic E-state index is -0.406. The van der Waals surface area contributed by atoms with Gasteiger partial charge in [0.15, 0.2) is 0 Å². The van der Waals surface area contributed by atoms with Crippen molar-refractivity contribution in [2.45, 2.75) is 6.92 Å². The zero-order valence-electron chi connectivity index (χ0n) is 14.3. The maximum atomic E-state index is 12.6. The Hall–Kier alpha value is -2.84. The molecule has 1 heterocycles. The third kappa shape index (κ3) is 4.47. The second-order valence-electron chi connectivity index (χ2n) is 5.93. The van der Waals surface area contributed by atoms with Crippen LogP contribution in [0.4, 0.5) is 5.69 Å². The SMILES string of the molecule is Cc1cccc(NC(=O)CN2C(=O)/C(=C/c3ccc(O)cc3O)SC2=S)c1. The monoisotopic (exact) mass is 400 g/mol. The molecule has 1 saturated heterocycles. The number of phenols is 2. The molecule has 3 N–H and O–H groups in total. The second-order valence-corrected chi connectivity index (χ2v) is 7.60. The number of carbonyl (C=O) groups is 2. The molecule has 0 radical (unpaired) electrons. The number of thioether (sulfide) groups is 1. The van der Waals surface area contributed by atoms with Gasteiger partial charge in [-0.2, -0.15) is 0 Å². The van der Waals surface area contributed by atoms with Crippen LogP contribution in [0.2, 0.25) is 0 Å². The Balaban J connectivity index is 1.72. The van der Waals surface area contributed by atoms with Gasteiger partial charge in [0.25, 0.3) is 5.91 Å². The number of nitrogens with one attached hydrogen (secondary N) is 1. The van der Waals surface area contributed by atoms with Crippen molar-refractivity contribution in [3.8, 4) is 11.5 Å². The van der Waals surface area contributed by atoms with E-state index in [0.29, 0.717) is 16.2 Å². The molecule has 0 atom stereocenters. The van der Waals surface area contributed by atoms with Crippen molar-refractivity contribution in [2.24, 2.45) is 0 Å². The number of amides is 2. The first kappa shape index (κ1) is 18.9. The number of aromatic hydroxyl groups is 2. The Morgan fingerprint density at radius 3 is 2.74 bits per heavy atom.